The van der Waals surface area contributed by atoms with Gasteiger partial charge in [-0.1, -0.05) is 18.2 Å². The van der Waals surface area contributed by atoms with Gasteiger partial charge in [-0.15, -0.1) is 0 Å². The van der Waals surface area contributed by atoms with Gasteiger partial charge in [0.05, 0.1) is 14.2 Å². The highest BCUT2D eigenvalue weighted by molar-refractivity contribution is 9.10. The van der Waals surface area contributed by atoms with Crippen LogP contribution in [0.5, 0.6) is 11.5 Å². The highest BCUT2D eigenvalue weighted by Crippen LogP contribution is 2.37. The first-order valence-electron chi connectivity index (χ1n) is 5.09. The Kier molecular flexibility index (Phi) is 3.64. The third-order valence-corrected chi connectivity index (χ3v) is 2.91. The van der Waals surface area contributed by atoms with Gasteiger partial charge in [0, 0.05) is 17.3 Å². The van der Waals surface area contributed by atoms with E-state index >= 15 is 0 Å². The minimum Gasteiger partial charge on any atom is -0.493 e. The number of nitrogens with zero attached hydrogens (tertiary/aromatic N) is 1. The van der Waals surface area contributed by atoms with E-state index in [1.54, 1.807) is 20.4 Å². The smallest absolute Gasteiger partial charge is 0.168 e. The van der Waals surface area contributed by atoms with E-state index in [1.165, 1.54) is 0 Å². The standard InChI is InChI=1S/C13H12BrNO2/c1-16-11-5-3-4-10(13(11)17-2)9-6-7-12(14)15-8-9/h3-8H,1-2H3. The summed E-state index contributed by atoms with van der Waals surface area (Å²) in [6.45, 7) is 0. The van der Waals surface area contributed by atoms with E-state index < -0.39 is 0 Å². The lowest BCUT2D eigenvalue weighted by molar-refractivity contribution is 0.356. The van der Waals surface area contributed by atoms with Crippen molar-refractivity contribution in [1.29, 1.82) is 0 Å². The maximum absolute atomic E-state index is 5.39. The van der Waals surface area contributed by atoms with Crippen LogP contribution < -0.4 is 9.47 Å². The Balaban J connectivity index is 2.54. The molecule has 0 unspecified atom stereocenters. The Hall–Kier alpha value is -1.55. The molecule has 0 spiro atoms. The van der Waals surface area contributed by atoms with Gasteiger partial charge in [0.2, 0.25) is 0 Å². The van der Waals surface area contributed by atoms with Gasteiger partial charge in [-0.3, -0.25) is 0 Å². The van der Waals surface area contributed by atoms with Crippen molar-refractivity contribution in [3.63, 3.8) is 0 Å². The minimum atomic E-state index is 0.716. The fourth-order valence-corrected chi connectivity index (χ4v) is 1.88. The molecular weight excluding hydrogens is 282 g/mol. The second-order valence-corrected chi connectivity index (χ2v) is 4.22. The summed E-state index contributed by atoms with van der Waals surface area (Å²) in [4.78, 5) is 4.21. The normalized spacial score (nSPS) is 10.1. The van der Waals surface area contributed by atoms with Gasteiger partial charge in [0.15, 0.2) is 11.5 Å². The van der Waals surface area contributed by atoms with Gasteiger partial charge in [-0.25, -0.2) is 4.98 Å². The van der Waals surface area contributed by atoms with E-state index in [0.29, 0.717) is 5.75 Å². The lowest BCUT2D eigenvalue weighted by Gasteiger charge is -2.12. The number of rotatable bonds is 3. The molecule has 0 aliphatic carbocycles. The number of pyridine rings is 1. The third kappa shape index (κ3) is 2.42. The molecule has 2 rings (SSSR count). The minimum absolute atomic E-state index is 0.716. The van der Waals surface area contributed by atoms with E-state index in [0.717, 1.165) is 21.5 Å². The van der Waals surface area contributed by atoms with E-state index in [2.05, 4.69) is 20.9 Å². The van der Waals surface area contributed by atoms with Crippen LogP contribution in [0.25, 0.3) is 11.1 Å². The first-order chi connectivity index (χ1) is 8.26. The Labute approximate surface area is 109 Å². The molecule has 0 radical (unpaired) electrons. The van der Waals surface area contributed by atoms with Crippen LogP contribution in [0.3, 0.4) is 0 Å². The summed E-state index contributed by atoms with van der Waals surface area (Å²) in [5.74, 6) is 1.44. The van der Waals surface area contributed by atoms with Crippen molar-refractivity contribution in [3.05, 3.63) is 41.1 Å². The van der Waals surface area contributed by atoms with Crippen LogP contribution in [0.15, 0.2) is 41.1 Å². The van der Waals surface area contributed by atoms with Crippen LogP contribution in [0, 0.1) is 0 Å². The lowest BCUT2D eigenvalue weighted by atomic mass is 10.1. The SMILES string of the molecule is COc1cccc(-c2ccc(Br)nc2)c1OC. The Morgan fingerprint density at radius 3 is 2.47 bits per heavy atom. The molecule has 0 fully saturated rings. The van der Waals surface area contributed by atoms with Crippen molar-refractivity contribution in [2.75, 3.05) is 14.2 Å². The van der Waals surface area contributed by atoms with Gasteiger partial charge in [-0.05, 0) is 28.1 Å². The molecule has 2 aromatic rings. The van der Waals surface area contributed by atoms with Crippen molar-refractivity contribution < 1.29 is 9.47 Å². The van der Waals surface area contributed by atoms with E-state index in [1.807, 2.05) is 30.3 Å². The highest BCUT2D eigenvalue weighted by atomic mass is 79.9. The molecule has 0 bridgehead atoms. The Morgan fingerprint density at radius 1 is 1.06 bits per heavy atom. The number of methoxy groups -OCH3 is 2. The molecule has 0 saturated carbocycles. The van der Waals surface area contributed by atoms with E-state index in [-0.39, 0.29) is 0 Å². The third-order valence-electron chi connectivity index (χ3n) is 2.44. The van der Waals surface area contributed by atoms with Crippen LogP contribution in [0.4, 0.5) is 0 Å². The molecule has 0 amide bonds. The predicted octanol–water partition coefficient (Wildman–Crippen LogP) is 3.53. The van der Waals surface area contributed by atoms with Gasteiger partial charge in [0.25, 0.3) is 0 Å². The molecule has 88 valence electrons. The topological polar surface area (TPSA) is 31.4 Å². The summed E-state index contributed by atoms with van der Waals surface area (Å²) >= 11 is 3.31. The van der Waals surface area contributed by atoms with Crippen LogP contribution in [0.2, 0.25) is 0 Å². The fraction of sp³-hybridized carbons (Fsp3) is 0.154. The molecule has 0 aliphatic heterocycles. The highest BCUT2D eigenvalue weighted by Gasteiger charge is 2.11. The van der Waals surface area contributed by atoms with Gasteiger partial charge in [-0.2, -0.15) is 0 Å². The lowest BCUT2D eigenvalue weighted by Crippen LogP contribution is -1.93. The zero-order valence-corrected chi connectivity index (χ0v) is 11.2. The van der Waals surface area contributed by atoms with Crippen LogP contribution in [-0.4, -0.2) is 19.2 Å². The molecule has 1 aromatic carbocycles. The molecule has 4 heteroatoms. The quantitative estimate of drug-likeness (QED) is 0.812. The molecule has 0 saturated heterocycles. The monoisotopic (exact) mass is 293 g/mol. The number of aromatic nitrogens is 1. The molecule has 0 atom stereocenters. The predicted molar refractivity (Wildman–Crippen MR) is 70.5 cm³/mol. The summed E-state index contributed by atoms with van der Waals surface area (Å²) in [6.07, 6.45) is 1.79. The zero-order chi connectivity index (χ0) is 12.3. The number of para-hydroxylation sites is 1. The Morgan fingerprint density at radius 2 is 1.88 bits per heavy atom. The average molecular weight is 294 g/mol. The van der Waals surface area contributed by atoms with Crippen molar-refractivity contribution >= 4 is 15.9 Å². The first kappa shape index (κ1) is 11.9. The van der Waals surface area contributed by atoms with Crippen molar-refractivity contribution in [2.24, 2.45) is 0 Å². The van der Waals surface area contributed by atoms with Gasteiger partial charge >= 0.3 is 0 Å². The van der Waals surface area contributed by atoms with Crippen molar-refractivity contribution in [1.82, 2.24) is 4.98 Å². The number of hydrogen-bond acceptors (Lipinski definition) is 3. The van der Waals surface area contributed by atoms with Crippen LogP contribution in [-0.2, 0) is 0 Å². The number of benzene rings is 1. The molecular formula is C13H12BrNO2. The fourth-order valence-electron chi connectivity index (χ4n) is 1.65. The largest absolute Gasteiger partial charge is 0.493 e. The number of halogens is 1. The number of hydrogen-bond donors (Lipinski definition) is 0. The number of ether oxygens (including phenoxy) is 2. The summed E-state index contributed by atoms with van der Waals surface area (Å²) < 4.78 is 11.5. The summed E-state index contributed by atoms with van der Waals surface area (Å²) in [5.41, 5.74) is 1.95. The second kappa shape index (κ2) is 5.19. The van der Waals surface area contributed by atoms with E-state index in [4.69, 9.17) is 9.47 Å². The van der Waals surface area contributed by atoms with Crippen molar-refractivity contribution in [2.45, 2.75) is 0 Å². The molecule has 3 nitrogen and oxygen atoms in total. The van der Waals surface area contributed by atoms with Crippen LogP contribution >= 0.6 is 15.9 Å². The van der Waals surface area contributed by atoms with Crippen LogP contribution in [0.1, 0.15) is 0 Å². The van der Waals surface area contributed by atoms with Gasteiger partial charge < -0.3 is 9.47 Å². The van der Waals surface area contributed by atoms with E-state index in [9.17, 15) is 0 Å². The molecule has 1 aromatic heterocycles. The maximum Gasteiger partial charge on any atom is 0.168 e. The molecule has 1 heterocycles. The van der Waals surface area contributed by atoms with Gasteiger partial charge in [0.1, 0.15) is 4.60 Å². The summed E-state index contributed by atoms with van der Waals surface area (Å²) in [7, 11) is 3.26. The molecule has 0 aliphatic rings. The molecule has 17 heavy (non-hydrogen) atoms. The van der Waals surface area contributed by atoms with Crippen molar-refractivity contribution in [3.8, 4) is 22.6 Å². The summed E-state index contributed by atoms with van der Waals surface area (Å²) in [6, 6.07) is 9.66. The Bertz CT molecular complexity index is 511. The second-order valence-electron chi connectivity index (χ2n) is 3.41. The first-order valence-corrected chi connectivity index (χ1v) is 5.88. The summed E-state index contributed by atoms with van der Waals surface area (Å²) in [5, 5.41) is 0. The molecule has 0 N–H and O–H groups in total. The average Bonchev–Trinajstić information content (AvgIpc) is 2.38. The maximum atomic E-state index is 5.39. The zero-order valence-electron chi connectivity index (χ0n) is 9.61.